The van der Waals surface area contributed by atoms with E-state index < -0.39 is 0 Å². The van der Waals surface area contributed by atoms with Gasteiger partial charge in [-0.1, -0.05) is 6.07 Å². The summed E-state index contributed by atoms with van der Waals surface area (Å²) in [6, 6.07) is 6.61. The average Bonchev–Trinajstić information content (AvgIpc) is 2.32. The van der Waals surface area contributed by atoms with Crippen molar-refractivity contribution in [2.75, 3.05) is 12.4 Å². The number of aliphatic hydroxyl groups is 1. The largest absolute Gasteiger partial charge is 0.495 e. The van der Waals surface area contributed by atoms with Crippen molar-refractivity contribution >= 4 is 5.69 Å². The Morgan fingerprint density at radius 2 is 1.94 bits per heavy atom. The molecule has 0 atom stereocenters. The minimum Gasteiger partial charge on any atom is -0.495 e. The number of anilines is 1. The van der Waals surface area contributed by atoms with E-state index in [4.69, 9.17) is 4.74 Å². The minimum atomic E-state index is -0.104. The number of aliphatic hydroxyl groups excluding tert-OH is 1. The lowest BCUT2D eigenvalue weighted by Crippen LogP contribution is -2.28. The summed E-state index contributed by atoms with van der Waals surface area (Å²) in [4.78, 5) is 0. The molecule has 0 radical (unpaired) electrons. The van der Waals surface area contributed by atoms with E-state index in [0.29, 0.717) is 6.04 Å². The van der Waals surface area contributed by atoms with Crippen LogP contribution in [0.1, 0.15) is 31.2 Å². The van der Waals surface area contributed by atoms with Gasteiger partial charge in [-0.15, -0.1) is 0 Å². The molecule has 0 bridgehead atoms. The van der Waals surface area contributed by atoms with Crippen LogP contribution in [0.2, 0.25) is 0 Å². The van der Waals surface area contributed by atoms with Crippen LogP contribution in [0.25, 0.3) is 0 Å². The molecule has 1 aromatic carbocycles. The van der Waals surface area contributed by atoms with Crippen LogP contribution in [0.5, 0.6) is 5.75 Å². The van der Waals surface area contributed by atoms with Crippen LogP contribution >= 0.6 is 0 Å². The smallest absolute Gasteiger partial charge is 0.141 e. The van der Waals surface area contributed by atoms with Crippen molar-refractivity contribution in [3.63, 3.8) is 0 Å². The molecule has 0 spiro atoms. The van der Waals surface area contributed by atoms with Gasteiger partial charge in [0.1, 0.15) is 5.75 Å². The Morgan fingerprint density at radius 3 is 2.59 bits per heavy atom. The summed E-state index contributed by atoms with van der Waals surface area (Å²) in [5.41, 5.74) is 2.29. The monoisotopic (exact) mass is 235 g/mol. The molecule has 1 aliphatic rings. The molecule has 1 fully saturated rings. The normalized spacial score (nSPS) is 24.4. The molecule has 1 saturated carbocycles. The SMILES string of the molecule is COc1ccc(C)cc1NC1CCC(O)CC1. The van der Waals surface area contributed by atoms with Crippen molar-refractivity contribution in [3.05, 3.63) is 23.8 Å². The minimum absolute atomic E-state index is 0.104. The Labute approximate surface area is 103 Å². The highest BCUT2D eigenvalue weighted by Gasteiger charge is 2.19. The van der Waals surface area contributed by atoms with Crippen LogP contribution in [-0.4, -0.2) is 24.4 Å². The van der Waals surface area contributed by atoms with Crippen molar-refractivity contribution in [1.29, 1.82) is 0 Å². The third-order valence-corrected chi connectivity index (χ3v) is 3.41. The highest BCUT2D eigenvalue weighted by Crippen LogP contribution is 2.29. The highest BCUT2D eigenvalue weighted by molar-refractivity contribution is 5.58. The zero-order chi connectivity index (χ0) is 12.3. The molecule has 2 N–H and O–H groups in total. The molecule has 17 heavy (non-hydrogen) atoms. The second-order valence-electron chi connectivity index (χ2n) is 4.85. The Hall–Kier alpha value is -1.22. The van der Waals surface area contributed by atoms with Crippen molar-refractivity contribution in [1.82, 2.24) is 0 Å². The van der Waals surface area contributed by atoms with Gasteiger partial charge in [-0.25, -0.2) is 0 Å². The number of nitrogens with one attached hydrogen (secondary N) is 1. The summed E-state index contributed by atoms with van der Waals surface area (Å²) in [6.07, 6.45) is 3.74. The lowest BCUT2D eigenvalue weighted by Gasteiger charge is -2.27. The first kappa shape index (κ1) is 12.2. The Balaban J connectivity index is 2.04. The molecular weight excluding hydrogens is 214 g/mol. The molecule has 0 amide bonds. The summed E-state index contributed by atoms with van der Waals surface area (Å²) in [5, 5.41) is 13.0. The van der Waals surface area contributed by atoms with Crippen molar-refractivity contribution in [2.45, 2.75) is 44.8 Å². The summed E-state index contributed by atoms with van der Waals surface area (Å²) in [7, 11) is 1.69. The van der Waals surface area contributed by atoms with Crippen LogP contribution in [0, 0.1) is 6.92 Å². The number of hydrogen-bond acceptors (Lipinski definition) is 3. The van der Waals surface area contributed by atoms with E-state index in [9.17, 15) is 5.11 Å². The van der Waals surface area contributed by atoms with E-state index in [-0.39, 0.29) is 6.10 Å². The number of benzene rings is 1. The molecule has 0 aliphatic heterocycles. The van der Waals surface area contributed by atoms with Crippen LogP contribution in [-0.2, 0) is 0 Å². The summed E-state index contributed by atoms with van der Waals surface area (Å²) < 4.78 is 5.35. The molecule has 3 heteroatoms. The summed E-state index contributed by atoms with van der Waals surface area (Å²) in [5.74, 6) is 0.890. The van der Waals surface area contributed by atoms with Gasteiger partial charge in [0.05, 0.1) is 18.9 Å². The number of rotatable bonds is 3. The van der Waals surface area contributed by atoms with Crippen molar-refractivity contribution in [2.24, 2.45) is 0 Å². The predicted molar refractivity (Wildman–Crippen MR) is 69.6 cm³/mol. The zero-order valence-corrected chi connectivity index (χ0v) is 10.6. The maximum absolute atomic E-state index is 9.49. The van der Waals surface area contributed by atoms with Crippen LogP contribution in [0.15, 0.2) is 18.2 Å². The van der Waals surface area contributed by atoms with Crippen molar-refractivity contribution in [3.8, 4) is 5.75 Å². The first-order valence-corrected chi connectivity index (χ1v) is 6.28. The first-order chi connectivity index (χ1) is 8.19. The fourth-order valence-electron chi connectivity index (χ4n) is 2.37. The van der Waals surface area contributed by atoms with Crippen LogP contribution < -0.4 is 10.1 Å². The molecule has 0 aromatic heterocycles. The maximum Gasteiger partial charge on any atom is 0.141 e. The number of aryl methyl sites for hydroxylation is 1. The van der Waals surface area contributed by atoms with Gasteiger partial charge in [0.25, 0.3) is 0 Å². The van der Waals surface area contributed by atoms with E-state index in [1.165, 1.54) is 5.56 Å². The van der Waals surface area contributed by atoms with Crippen LogP contribution in [0.3, 0.4) is 0 Å². The van der Waals surface area contributed by atoms with Gasteiger partial charge in [-0.2, -0.15) is 0 Å². The van der Waals surface area contributed by atoms with Gasteiger partial charge in [0, 0.05) is 6.04 Å². The first-order valence-electron chi connectivity index (χ1n) is 6.28. The molecule has 2 rings (SSSR count). The van der Waals surface area contributed by atoms with Gasteiger partial charge >= 0.3 is 0 Å². The standard InChI is InChI=1S/C14H21NO2/c1-10-3-8-14(17-2)13(9-10)15-11-4-6-12(16)7-5-11/h3,8-9,11-12,15-16H,4-7H2,1-2H3. The quantitative estimate of drug-likeness (QED) is 0.846. The Bertz CT molecular complexity index is 370. The van der Waals surface area contributed by atoms with Crippen LogP contribution in [0.4, 0.5) is 5.69 Å². The average molecular weight is 235 g/mol. The molecule has 3 nitrogen and oxygen atoms in total. The fraction of sp³-hybridized carbons (Fsp3) is 0.571. The number of methoxy groups -OCH3 is 1. The molecule has 0 saturated heterocycles. The van der Waals surface area contributed by atoms with Gasteiger partial charge in [0.2, 0.25) is 0 Å². The number of ether oxygens (including phenoxy) is 1. The molecule has 1 aliphatic carbocycles. The van der Waals surface area contributed by atoms with Crippen molar-refractivity contribution < 1.29 is 9.84 Å². The fourth-order valence-corrected chi connectivity index (χ4v) is 2.37. The van der Waals surface area contributed by atoms with Gasteiger partial charge < -0.3 is 15.2 Å². The highest BCUT2D eigenvalue weighted by atomic mass is 16.5. The topological polar surface area (TPSA) is 41.5 Å². The summed E-state index contributed by atoms with van der Waals surface area (Å²) in [6.45, 7) is 2.08. The molecule has 94 valence electrons. The second-order valence-corrected chi connectivity index (χ2v) is 4.85. The lowest BCUT2D eigenvalue weighted by atomic mass is 9.93. The van der Waals surface area contributed by atoms with E-state index in [2.05, 4.69) is 24.4 Å². The Morgan fingerprint density at radius 1 is 1.24 bits per heavy atom. The van der Waals surface area contributed by atoms with Gasteiger partial charge in [0.15, 0.2) is 0 Å². The van der Waals surface area contributed by atoms with E-state index in [1.54, 1.807) is 7.11 Å². The maximum atomic E-state index is 9.49. The molecular formula is C14H21NO2. The van der Waals surface area contributed by atoms with Gasteiger partial charge in [-0.05, 0) is 50.3 Å². The van der Waals surface area contributed by atoms with Gasteiger partial charge in [-0.3, -0.25) is 0 Å². The molecule has 1 aromatic rings. The third-order valence-electron chi connectivity index (χ3n) is 3.41. The number of hydrogen-bond donors (Lipinski definition) is 2. The van der Waals surface area contributed by atoms with E-state index >= 15 is 0 Å². The molecule has 0 unspecified atom stereocenters. The zero-order valence-electron chi connectivity index (χ0n) is 10.6. The third kappa shape index (κ3) is 3.13. The predicted octanol–water partition coefficient (Wildman–Crippen LogP) is 2.72. The lowest BCUT2D eigenvalue weighted by molar-refractivity contribution is 0.126. The molecule has 0 heterocycles. The Kier molecular flexibility index (Phi) is 3.89. The second kappa shape index (κ2) is 5.41. The van der Waals surface area contributed by atoms with E-state index in [1.807, 2.05) is 6.07 Å². The summed E-state index contributed by atoms with van der Waals surface area (Å²) >= 11 is 0. The van der Waals surface area contributed by atoms with E-state index in [0.717, 1.165) is 37.1 Å².